The predicted octanol–water partition coefficient (Wildman–Crippen LogP) is 1.48. The van der Waals surface area contributed by atoms with E-state index in [9.17, 15) is 4.79 Å². The van der Waals surface area contributed by atoms with Gasteiger partial charge >= 0.3 is 0 Å². The van der Waals surface area contributed by atoms with Crippen LogP contribution < -0.4 is 4.74 Å². The summed E-state index contributed by atoms with van der Waals surface area (Å²) in [6, 6.07) is 4.92. The predicted molar refractivity (Wildman–Crippen MR) is 96.7 cm³/mol. The Morgan fingerprint density at radius 1 is 1.36 bits per heavy atom. The largest absolute Gasteiger partial charge is 0.493 e. The van der Waals surface area contributed by atoms with Gasteiger partial charge in [0.2, 0.25) is 11.7 Å². The molecule has 28 heavy (non-hydrogen) atoms. The highest BCUT2D eigenvalue weighted by Gasteiger charge is 2.39. The third-order valence-corrected chi connectivity index (χ3v) is 4.94. The number of imidazole rings is 1. The number of amides is 1. The number of aromatic amines is 1. The van der Waals surface area contributed by atoms with E-state index >= 15 is 0 Å². The Labute approximate surface area is 159 Å². The maximum Gasteiger partial charge on any atom is 0.292 e. The molecule has 3 aromatic heterocycles. The first-order chi connectivity index (χ1) is 13.7. The Bertz CT molecular complexity index is 1180. The lowest BCUT2D eigenvalue weighted by Crippen LogP contribution is -2.42. The zero-order chi connectivity index (χ0) is 19.3. The molecule has 0 fully saturated rings. The smallest absolute Gasteiger partial charge is 0.292 e. The highest BCUT2D eigenvalue weighted by atomic mass is 16.5. The maximum absolute atomic E-state index is 13.2. The number of oxazole rings is 1. The topological polar surface area (TPSA) is 115 Å². The van der Waals surface area contributed by atoms with Crippen LogP contribution in [0.4, 0.5) is 0 Å². The average Bonchev–Trinajstić information content (AvgIpc) is 3.44. The first kappa shape index (κ1) is 16.5. The van der Waals surface area contributed by atoms with Crippen molar-refractivity contribution in [3.63, 3.8) is 0 Å². The van der Waals surface area contributed by atoms with Crippen molar-refractivity contribution in [2.75, 3.05) is 13.7 Å². The molecule has 1 aromatic carbocycles. The summed E-state index contributed by atoms with van der Waals surface area (Å²) in [7, 11) is 3.26. The number of hydrogen-bond acceptors (Lipinski definition) is 7. The standard InChI is InChI=1S/C18H17N7O3/c1-24-16(21-9-22-24)18(26)25-7-6-10-13(20-8-19-10)14(25)17-23-11-4-3-5-12(27-2)15(11)28-17/h3-5,8-9,14H,6-7H2,1-2H3,(H,19,20)/t14-/m0/s1. The fourth-order valence-electron chi connectivity index (χ4n) is 3.58. The van der Waals surface area contributed by atoms with Crippen LogP contribution in [-0.2, 0) is 13.5 Å². The van der Waals surface area contributed by atoms with Gasteiger partial charge in [-0.05, 0) is 12.1 Å². The molecule has 0 saturated carbocycles. The van der Waals surface area contributed by atoms with Gasteiger partial charge < -0.3 is 19.0 Å². The normalized spacial score (nSPS) is 16.4. The molecular formula is C18H17N7O3. The summed E-state index contributed by atoms with van der Waals surface area (Å²) in [5.41, 5.74) is 2.87. The summed E-state index contributed by atoms with van der Waals surface area (Å²) in [5, 5.41) is 4.00. The van der Waals surface area contributed by atoms with Gasteiger partial charge in [-0.1, -0.05) is 6.07 Å². The van der Waals surface area contributed by atoms with Crippen LogP contribution in [0.3, 0.4) is 0 Å². The van der Waals surface area contributed by atoms with Gasteiger partial charge in [0, 0.05) is 25.7 Å². The van der Waals surface area contributed by atoms with Gasteiger partial charge in [0.05, 0.1) is 19.1 Å². The molecule has 0 radical (unpaired) electrons. The summed E-state index contributed by atoms with van der Waals surface area (Å²) in [6.07, 6.45) is 3.63. The zero-order valence-corrected chi connectivity index (χ0v) is 15.3. The third kappa shape index (κ3) is 2.38. The van der Waals surface area contributed by atoms with Gasteiger partial charge in [0.15, 0.2) is 17.4 Å². The fourth-order valence-corrected chi connectivity index (χ4v) is 3.58. The van der Waals surface area contributed by atoms with Crippen molar-refractivity contribution in [3.8, 4) is 5.75 Å². The molecule has 142 valence electrons. The number of ether oxygens (including phenoxy) is 1. The minimum absolute atomic E-state index is 0.248. The molecule has 0 unspecified atom stereocenters. The van der Waals surface area contributed by atoms with Crippen molar-refractivity contribution < 1.29 is 13.9 Å². The number of nitrogens with one attached hydrogen (secondary N) is 1. The summed E-state index contributed by atoms with van der Waals surface area (Å²) < 4.78 is 12.9. The third-order valence-electron chi connectivity index (χ3n) is 4.94. The molecule has 10 nitrogen and oxygen atoms in total. The van der Waals surface area contributed by atoms with Crippen LogP contribution in [0.1, 0.15) is 33.9 Å². The second kappa shape index (κ2) is 6.19. The molecule has 0 saturated heterocycles. The highest BCUT2D eigenvalue weighted by molar-refractivity contribution is 5.91. The molecule has 5 rings (SSSR count). The Kier molecular flexibility index (Phi) is 3.64. The number of methoxy groups -OCH3 is 1. The molecule has 1 N–H and O–H groups in total. The molecule has 0 spiro atoms. The summed E-state index contributed by atoms with van der Waals surface area (Å²) in [4.78, 5) is 31.2. The number of para-hydroxylation sites is 1. The van der Waals surface area contributed by atoms with Gasteiger partial charge in [-0.25, -0.2) is 19.6 Å². The first-order valence-electron chi connectivity index (χ1n) is 8.78. The number of aryl methyl sites for hydroxylation is 1. The van der Waals surface area contributed by atoms with Crippen LogP contribution in [0.25, 0.3) is 11.1 Å². The van der Waals surface area contributed by atoms with Crippen LogP contribution in [0.5, 0.6) is 5.75 Å². The Hall–Kier alpha value is -3.69. The van der Waals surface area contributed by atoms with Crippen molar-refractivity contribution in [2.24, 2.45) is 7.05 Å². The van der Waals surface area contributed by atoms with Gasteiger partial charge in [0.25, 0.3) is 5.91 Å². The van der Waals surface area contributed by atoms with Gasteiger partial charge in [-0.3, -0.25) is 4.79 Å². The van der Waals surface area contributed by atoms with E-state index in [1.54, 1.807) is 31.5 Å². The number of aromatic nitrogens is 6. The van der Waals surface area contributed by atoms with E-state index in [2.05, 4.69) is 25.0 Å². The van der Waals surface area contributed by atoms with Gasteiger partial charge in [-0.2, -0.15) is 5.10 Å². The molecular weight excluding hydrogens is 362 g/mol. The summed E-state index contributed by atoms with van der Waals surface area (Å²) in [6.45, 7) is 0.474. The van der Waals surface area contributed by atoms with Crippen molar-refractivity contribution in [1.29, 1.82) is 0 Å². The van der Waals surface area contributed by atoms with E-state index < -0.39 is 6.04 Å². The van der Waals surface area contributed by atoms with E-state index in [4.69, 9.17) is 9.15 Å². The number of H-pyrrole nitrogens is 1. The minimum Gasteiger partial charge on any atom is -0.493 e. The molecule has 0 aliphatic carbocycles. The SMILES string of the molecule is COc1cccc2nc([C@@H]3c4nc[nH]c4CCN3C(=O)c3ncnn3C)oc12. The Morgan fingerprint density at radius 2 is 2.25 bits per heavy atom. The number of hydrogen-bond donors (Lipinski definition) is 1. The maximum atomic E-state index is 13.2. The second-order valence-corrected chi connectivity index (χ2v) is 6.49. The molecule has 4 heterocycles. The van der Waals surface area contributed by atoms with Crippen molar-refractivity contribution in [2.45, 2.75) is 12.5 Å². The number of nitrogens with zero attached hydrogens (tertiary/aromatic N) is 6. The number of rotatable bonds is 3. The lowest BCUT2D eigenvalue weighted by atomic mass is 10.0. The molecule has 1 aliphatic heterocycles. The van der Waals surface area contributed by atoms with Crippen LogP contribution in [0.2, 0.25) is 0 Å². The molecule has 4 aromatic rings. The number of carbonyl (C=O) groups is 1. The van der Waals surface area contributed by atoms with Crippen molar-refractivity contribution >= 4 is 17.0 Å². The van der Waals surface area contributed by atoms with E-state index in [0.29, 0.717) is 41.4 Å². The van der Waals surface area contributed by atoms with Crippen molar-refractivity contribution in [3.05, 3.63) is 54.0 Å². The Morgan fingerprint density at radius 3 is 3.04 bits per heavy atom. The highest BCUT2D eigenvalue weighted by Crippen LogP contribution is 2.37. The quantitative estimate of drug-likeness (QED) is 0.573. The lowest BCUT2D eigenvalue weighted by molar-refractivity contribution is 0.0650. The number of benzene rings is 1. The lowest BCUT2D eigenvalue weighted by Gasteiger charge is -2.32. The van der Waals surface area contributed by atoms with E-state index in [1.807, 2.05) is 12.1 Å². The zero-order valence-electron chi connectivity index (χ0n) is 15.3. The summed E-state index contributed by atoms with van der Waals surface area (Å²) >= 11 is 0. The van der Waals surface area contributed by atoms with Crippen molar-refractivity contribution in [1.82, 2.24) is 34.6 Å². The number of fused-ring (bicyclic) bond motifs is 2. The Balaban J connectivity index is 1.65. The monoisotopic (exact) mass is 379 g/mol. The average molecular weight is 379 g/mol. The molecule has 0 bridgehead atoms. The van der Waals surface area contributed by atoms with Crippen LogP contribution in [-0.4, -0.2) is 54.2 Å². The van der Waals surface area contributed by atoms with E-state index in [-0.39, 0.29) is 11.7 Å². The van der Waals surface area contributed by atoms with Gasteiger partial charge in [0.1, 0.15) is 11.8 Å². The fraction of sp³-hybridized carbons (Fsp3) is 0.278. The molecule has 1 amide bonds. The van der Waals surface area contributed by atoms with Crippen LogP contribution in [0.15, 0.2) is 35.3 Å². The molecule has 10 heteroatoms. The van der Waals surface area contributed by atoms with Gasteiger partial charge in [-0.15, -0.1) is 0 Å². The minimum atomic E-state index is -0.573. The van der Waals surface area contributed by atoms with E-state index in [0.717, 1.165) is 5.69 Å². The second-order valence-electron chi connectivity index (χ2n) is 6.49. The molecule has 1 atom stereocenters. The first-order valence-corrected chi connectivity index (χ1v) is 8.78. The van der Waals surface area contributed by atoms with Crippen LogP contribution in [0, 0.1) is 0 Å². The summed E-state index contributed by atoms with van der Waals surface area (Å²) in [5.74, 6) is 0.953. The molecule has 1 aliphatic rings. The van der Waals surface area contributed by atoms with E-state index in [1.165, 1.54) is 11.0 Å². The number of carbonyl (C=O) groups excluding carboxylic acids is 1. The van der Waals surface area contributed by atoms with Crippen LogP contribution >= 0.6 is 0 Å².